The molecule has 0 heterocycles. The van der Waals surface area contributed by atoms with Crippen LogP contribution >= 0.6 is 0 Å². The van der Waals surface area contributed by atoms with Gasteiger partial charge >= 0.3 is 0 Å². The molecule has 21 heavy (non-hydrogen) atoms. The molecule has 0 saturated heterocycles. The molecule has 1 aromatic rings. The lowest BCUT2D eigenvalue weighted by Crippen LogP contribution is -2.38. The van der Waals surface area contributed by atoms with Crippen LogP contribution in [-0.2, 0) is 6.42 Å². The van der Waals surface area contributed by atoms with Crippen molar-refractivity contribution in [3.63, 3.8) is 0 Å². The van der Waals surface area contributed by atoms with Crippen LogP contribution in [0.4, 0.5) is 0 Å². The van der Waals surface area contributed by atoms with Crippen molar-refractivity contribution >= 4 is 5.96 Å². The third-order valence-corrected chi connectivity index (χ3v) is 3.35. The first kappa shape index (κ1) is 17.3. The summed E-state index contributed by atoms with van der Waals surface area (Å²) in [6.07, 6.45) is 3.33. The van der Waals surface area contributed by atoms with Crippen molar-refractivity contribution in [3.8, 4) is 5.75 Å². The number of para-hydroxylation sites is 1. The van der Waals surface area contributed by atoms with E-state index in [0.717, 1.165) is 37.1 Å². The molecule has 0 amide bonds. The van der Waals surface area contributed by atoms with Crippen LogP contribution in [0, 0.1) is 5.92 Å². The largest absolute Gasteiger partial charge is 0.496 e. The number of hydrogen-bond donors (Lipinski definition) is 2. The second-order valence-electron chi connectivity index (χ2n) is 5.52. The molecule has 0 spiro atoms. The molecule has 0 saturated carbocycles. The lowest BCUT2D eigenvalue weighted by atomic mass is 10.1. The highest BCUT2D eigenvalue weighted by Crippen LogP contribution is 2.17. The molecule has 118 valence electrons. The molecule has 0 aliphatic carbocycles. The summed E-state index contributed by atoms with van der Waals surface area (Å²) in [5, 5.41) is 6.69. The Morgan fingerprint density at radius 2 is 1.90 bits per heavy atom. The Kier molecular flexibility index (Phi) is 8.32. The van der Waals surface area contributed by atoms with Crippen molar-refractivity contribution in [3.05, 3.63) is 29.8 Å². The molecular formula is C17H29N3O. The maximum absolute atomic E-state index is 5.36. The zero-order valence-electron chi connectivity index (χ0n) is 13.8. The van der Waals surface area contributed by atoms with Gasteiger partial charge in [0.15, 0.2) is 5.96 Å². The van der Waals surface area contributed by atoms with E-state index in [4.69, 9.17) is 4.74 Å². The summed E-state index contributed by atoms with van der Waals surface area (Å²) in [7, 11) is 3.52. The number of nitrogens with zero attached hydrogens (tertiary/aromatic N) is 1. The summed E-state index contributed by atoms with van der Waals surface area (Å²) >= 11 is 0. The topological polar surface area (TPSA) is 45.7 Å². The summed E-state index contributed by atoms with van der Waals surface area (Å²) in [5.74, 6) is 2.57. The Labute approximate surface area is 129 Å². The minimum Gasteiger partial charge on any atom is -0.496 e. The maximum Gasteiger partial charge on any atom is 0.190 e. The smallest absolute Gasteiger partial charge is 0.190 e. The molecular weight excluding hydrogens is 262 g/mol. The van der Waals surface area contributed by atoms with Crippen LogP contribution < -0.4 is 15.4 Å². The number of hydrogen-bond acceptors (Lipinski definition) is 2. The van der Waals surface area contributed by atoms with E-state index in [9.17, 15) is 0 Å². The summed E-state index contributed by atoms with van der Waals surface area (Å²) in [6.45, 7) is 6.30. The summed E-state index contributed by atoms with van der Waals surface area (Å²) in [6, 6.07) is 8.12. The van der Waals surface area contributed by atoms with Crippen LogP contribution in [0.1, 0.15) is 32.3 Å². The molecule has 1 aromatic carbocycles. The second kappa shape index (κ2) is 10.1. The molecule has 4 nitrogen and oxygen atoms in total. The summed E-state index contributed by atoms with van der Waals surface area (Å²) in [4.78, 5) is 4.24. The van der Waals surface area contributed by atoms with Crippen molar-refractivity contribution in [1.29, 1.82) is 0 Å². The molecule has 0 aliphatic heterocycles. The van der Waals surface area contributed by atoms with E-state index in [1.54, 1.807) is 14.2 Å². The number of benzene rings is 1. The van der Waals surface area contributed by atoms with Crippen molar-refractivity contribution in [2.24, 2.45) is 10.9 Å². The Bertz CT molecular complexity index is 430. The van der Waals surface area contributed by atoms with Gasteiger partial charge in [-0.25, -0.2) is 0 Å². The van der Waals surface area contributed by atoms with E-state index < -0.39 is 0 Å². The number of aliphatic imine (C=N–C) groups is 1. The van der Waals surface area contributed by atoms with Gasteiger partial charge in [-0.15, -0.1) is 0 Å². The number of methoxy groups -OCH3 is 1. The predicted molar refractivity (Wildman–Crippen MR) is 90.1 cm³/mol. The molecule has 1 rings (SSSR count). The van der Waals surface area contributed by atoms with E-state index in [2.05, 4.69) is 35.5 Å². The highest BCUT2D eigenvalue weighted by atomic mass is 16.5. The lowest BCUT2D eigenvalue weighted by molar-refractivity contribution is 0.409. The standard InChI is InChI=1S/C17H29N3O/c1-14(2)8-7-12-19-17(18-3)20-13-11-15-9-5-6-10-16(15)21-4/h5-6,9-10,14H,7-8,11-13H2,1-4H3,(H2,18,19,20). The van der Waals surface area contributed by atoms with Gasteiger partial charge in [-0.1, -0.05) is 32.0 Å². The second-order valence-corrected chi connectivity index (χ2v) is 5.52. The minimum absolute atomic E-state index is 0.757. The average Bonchev–Trinajstić information content (AvgIpc) is 2.49. The fourth-order valence-corrected chi connectivity index (χ4v) is 2.16. The third kappa shape index (κ3) is 7.02. The monoisotopic (exact) mass is 291 g/mol. The highest BCUT2D eigenvalue weighted by molar-refractivity contribution is 5.79. The zero-order chi connectivity index (χ0) is 15.5. The van der Waals surface area contributed by atoms with E-state index in [0.29, 0.717) is 0 Å². The highest BCUT2D eigenvalue weighted by Gasteiger charge is 2.02. The number of ether oxygens (including phenoxy) is 1. The van der Waals surface area contributed by atoms with Gasteiger partial charge in [0.25, 0.3) is 0 Å². The third-order valence-electron chi connectivity index (χ3n) is 3.35. The Hall–Kier alpha value is -1.71. The molecule has 0 radical (unpaired) electrons. The van der Waals surface area contributed by atoms with E-state index in [1.165, 1.54) is 18.4 Å². The fourth-order valence-electron chi connectivity index (χ4n) is 2.16. The van der Waals surface area contributed by atoms with Gasteiger partial charge in [0, 0.05) is 20.1 Å². The van der Waals surface area contributed by atoms with Gasteiger partial charge in [-0.2, -0.15) is 0 Å². The summed E-state index contributed by atoms with van der Waals surface area (Å²) in [5.41, 5.74) is 1.21. The Morgan fingerprint density at radius 3 is 2.57 bits per heavy atom. The number of rotatable bonds is 8. The average molecular weight is 291 g/mol. The van der Waals surface area contributed by atoms with Gasteiger partial charge in [0.1, 0.15) is 5.75 Å². The van der Waals surface area contributed by atoms with Crippen molar-refractivity contribution in [2.45, 2.75) is 33.1 Å². The van der Waals surface area contributed by atoms with Crippen LogP contribution in [0.15, 0.2) is 29.3 Å². The van der Waals surface area contributed by atoms with Crippen LogP contribution in [-0.4, -0.2) is 33.2 Å². The first-order chi connectivity index (χ1) is 10.2. The number of guanidine groups is 1. The van der Waals surface area contributed by atoms with Gasteiger partial charge in [-0.05, 0) is 36.8 Å². The zero-order valence-corrected chi connectivity index (χ0v) is 13.8. The molecule has 0 bridgehead atoms. The van der Waals surface area contributed by atoms with Gasteiger partial charge in [0.2, 0.25) is 0 Å². The van der Waals surface area contributed by atoms with Crippen molar-refractivity contribution < 1.29 is 4.74 Å². The fraction of sp³-hybridized carbons (Fsp3) is 0.588. The van der Waals surface area contributed by atoms with Crippen LogP contribution in [0.3, 0.4) is 0 Å². The van der Waals surface area contributed by atoms with Crippen LogP contribution in [0.2, 0.25) is 0 Å². The van der Waals surface area contributed by atoms with Crippen molar-refractivity contribution in [2.75, 3.05) is 27.2 Å². The molecule has 0 aliphatic rings. The van der Waals surface area contributed by atoms with Gasteiger partial charge in [-0.3, -0.25) is 4.99 Å². The normalized spacial score (nSPS) is 11.6. The van der Waals surface area contributed by atoms with Gasteiger partial charge in [0.05, 0.1) is 7.11 Å². The van der Waals surface area contributed by atoms with Crippen LogP contribution in [0.5, 0.6) is 5.75 Å². The molecule has 4 heteroatoms. The molecule has 0 fully saturated rings. The van der Waals surface area contributed by atoms with E-state index in [-0.39, 0.29) is 0 Å². The predicted octanol–water partition coefficient (Wildman–Crippen LogP) is 2.84. The lowest BCUT2D eigenvalue weighted by Gasteiger charge is -2.13. The molecule has 0 aromatic heterocycles. The van der Waals surface area contributed by atoms with E-state index >= 15 is 0 Å². The molecule has 0 unspecified atom stereocenters. The summed E-state index contributed by atoms with van der Waals surface area (Å²) < 4.78 is 5.36. The first-order valence-corrected chi connectivity index (χ1v) is 7.73. The Balaban J connectivity index is 2.29. The molecule has 0 atom stereocenters. The maximum atomic E-state index is 5.36. The minimum atomic E-state index is 0.757. The number of nitrogens with one attached hydrogen (secondary N) is 2. The first-order valence-electron chi connectivity index (χ1n) is 7.73. The van der Waals surface area contributed by atoms with Crippen LogP contribution in [0.25, 0.3) is 0 Å². The Morgan fingerprint density at radius 1 is 1.19 bits per heavy atom. The van der Waals surface area contributed by atoms with E-state index in [1.807, 2.05) is 18.2 Å². The SMILES string of the molecule is CN=C(NCCCC(C)C)NCCc1ccccc1OC. The molecule has 2 N–H and O–H groups in total. The van der Waals surface area contributed by atoms with Crippen molar-refractivity contribution in [1.82, 2.24) is 10.6 Å². The quantitative estimate of drug-likeness (QED) is 0.440. The van der Waals surface area contributed by atoms with Gasteiger partial charge < -0.3 is 15.4 Å².